The van der Waals surface area contributed by atoms with Gasteiger partial charge in [0.25, 0.3) is 10.0 Å². The van der Waals surface area contributed by atoms with Gasteiger partial charge in [-0.1, -0.05) is 6.07 Å². The van der Waals surface area contributed by atoms with Gasteiger partial charge in [-0.2, -0.15) is 8.78 Å². The zero-order chi connectivity index (χ0) is 13.1. The highest BCUT2D eigenvalue weighted by Crippen LogP contribution is 2.21. The molecule has 0 radical (unpaired) electrons. The minimum Gasteiger partial charge on any atom is -0.495 e. The van der Waals surface area contributed by atoms with E-state index in [0.29, 0.717) is 17.0 Å². The maximum absolute atomic E-state index is 12.0. The van der Waals surface area contributed by atoms with E-state index in [1.54, 1.807) is 4.72 Å². The van der Waals surface area contributed by atoms with Crippen LogP contribution in [0, 0.1) is 0 Å². The molecule has 0 aliphatic heterocycles. The first-order valence-corrected chi connectivity index (χ1v) is 6.10. The number of methoxy groups -OCH3 is 1. The zero-order valence-electron chi connectivity index (χ0n) is 8.98. The molecular weight excluding hydrogens is 254 g/mol. The Morgan fingerprint density at radius 3 is 2.59 bits per heavy atom. The van der Waals surface area contributed by atoms with E-state index in [4.69, 9.17) is 10.5 Å². The van der Waals surface area contributed by atoms with E-state index in [0.717, 1.165) is 0 Å². The van der Waals surface area contributed by atoms with E-state index in [9.17, 15) is 17.2 Å². The van der Waals surface area contributed by atoms with Crippen LogP contribution in [0.2, 0.25) is 0 Å². The van der Waals surface area contributed by atoms with Crippen LogP contribution in [0.4, 0.5) is 14.5 Å². The molecule has 0 aliphatic carbocycles. The van der Waals surface area contributed by atoms with E-state index < -0.39 is 15.8 Å². The van der Waals surface area contributed by atoms with Crippen molar-refractivity contribution in [2.45, 2.75) is 12.3 Å². The lowest BCUT2D eigenvalue weighted by Gasteiger charge is -2.08. The molecule has 0 aliphatic rings. The maximum Gasteiger partial charge on any atom is 0.350 e. The largest absolute Gasteiger partial charge is 0.495 e. The Bertz CT molecular complexity index is 491. The van der Waals surface area contributed by atoms with Gasteiger partial charge >= 0.3 is 5.76 Å². The van der Waals surface area contributed by atoms with Crippen LogP contribution in [0.25, 0.3) is 0 Å². The molecule has 8 heteroatoms. The number of nitrogens with two attached hydrogens (primary N) is 1. The number of alkyl halides is 2. The normalized spacial score (nSPS) is 11.8. The zero-order valence-corrected chi connectivity index (χ0v) is 9.80. The van der Waals surface area contributed by atoms with Crippen LogP contribution < -0.4 is 15.2 Å². The minimum absolute atomic E-state index is 0.249. The molecule has 1 aromatic rings. The van der Waals surface area contributed by atoms with Crippen LogP contribution in [0.1, 0.15) is 5.56 Å². The van der Waals surface area contributed by atoms with Crippen molar-refractivity contribution in [2.24, 2.45) is 0 Å². The van der Waals surface area contributed by atoms with Gasteiger partial charge in [-0.15, -0.1) is 0 Å². The Morgan fingerprint density at radius 1 is 1.47 bits per heavy atom. The molecule has 0 spiro atoms. The standard InChI is InChI=1S/C9H12F2N2O3S/c1-16-8-3-2-6(4-7(8)12)5-13-17(14,15)9(10)11/h2-4,9,13H,5,12H2,1H3. The molecule has 5 nitrogen and oxygen atoms in total. The Morgan fingerprint density at radius 2 is 2.12 bits per heavy atom. The summed E-state index contributed by atoms with van der Waals surface area (Å²) in [6, 6.07) is 4.51. The highest BCUT2D eigenvalue weighted by molar-refractivity contribution is 7.89. The molecule has 0 amide bonds. The lowest BCUT2D eigenvalue weighted by atomic mass is 10.2. The second kappa shape index (κ2) is 5.28. The van der Waals surface area contributed by atoms with E-state index in [1.807, 2.05) is 0 Å². The lowest BCUT2D eigenvalue weighted by Crippen LogP contribution is -2.28. The molecule has 1 aromatic carbocycles. The summed E-state index contributed by atoms with van der Waals surface area (Å²) in [7, 11) is -3.14. The molecule has 0 atom stereocenters. The van der Waals surface area contributed by atoms with Crippen molar-refractivity contribution in [1.29, 1.82) is 0 Å². The maximum atomic E-state index is 12.0. The number of nitrogens with one attached hydrogen (secondary N) is 1. The molecule has 17 heavy (non-hydrogen) atoms. The molecule has 0 saturated heterocycles. The first-order chi connectivity index (χ1) is 7.86. The van der Waals surface area contributed by atoms with Crippen LogP contribution in [-0.2, 0) is 16.6 Å². The smallest absolute Gasteiger partial charge is 0.350 e. The van der Waals surface area contributed by atoms with Crippen molar-refractivity contribution in [3.05, 3.63) is 23.8 Å². The second-order valence-electron chi connectivity index (χ2n) is 3.20. The number of anilines is 1. The van der Waals surface area contributed by atoms with E-state index >= 15 is 0 Å². The number of hydrogen-bond donors (Lipinski definition) is 2. The van der Waals surface area contributed by atoms with Crippen molar-refractivity contribution < 1.29 is 21.9 Å². The summed E-state index contributed by atoms with van der Waals surface area (Å²) in [6.07, 6.45) is 0. The number of rotatable bonds is 5. The van der Waals surface area contributed by atoms with Crippen molar-refractivity contribution in [1.82, 2.24) is 4.72 Å². The molecule has 0 fully saturated rings. The fourth-order valence-electron chi connectivity index (χ4n) is 1.14. The van der Waals surface area contributed by atoms with Crippen LogP contribution in [0.5, 0.6) is 5.75 Å². The van der Waals surface area contributed by atoms with Gasteiger partial charge in [0.15, 0.2) is 0 Å². The number of sulfonamides is 1. The summed E-state index contributed by atoms with van der Waals surface area (Å²) in [5.41, 5.74) is 6.35. The predicted octanol–water partition coefficient (Wildman–Crippen LogP) is 0.919. The monoisotopic (exact) mass is 266 g/mol. The first kappa shape index (κ1) is 13.7. The summed E-state index contributed by atoms with van der Waals surface area (Å²) in [5.74, 6) is -3.01. The highest BCUT2D eigenvalue weighted by Gasteiger charge is 2.22. The van der Waals surface area contributed by atoms with Crippen molar-refractivity contribution in [2.75, 3.05) is 12.8 Å². The first-order valence-electron chi connectivity index (χ1n) is 4.56. The molecule has 0 saturated carbocycles. The van der Waals surface area contributed by atoms with Crippen LogP contribution in [0.3, 0.4) is 0 Å². The van der Waals surface area contributed by atoms with Crippen molar-refractivity contribution in [3.8, 4) is 5.75 Å². The number of benzene rings is 1. The van der Waals surface area contributed by atoms with Gasteiger partial charge in [-0.3, -0.25) is 0 Å². The number of nitrogen functional groups attached to an aromatic ring is 1. The summed E-state index contributed by atoms with van der Waals surface area (Å²) >= 11 is 0. The Kier molecular flexibility index (Phi) is 4.24. The summed E-state index contributed by atoms with van der Waals surface area (Å²) in [5, 5.41) is 0. The molecule has 1 rings (SSSR count). The van der Waals surface area contributed by atoms with Crippen molar-refractivity contribution >= 4 is 15.7 Å². The van der Waals surface area contributed by atoms with E-state index in [-0.39, 0.29) is 6.54 Å². The number of halogens is 2. The van der Waals surface area contributed by atoms with Gasteiger partial charge in [0.1, 0.15) is 5.75 Å². The van der Waals surface area contributed by atoms with E-state index in [2.05, 4.69) is 0 Å². The molecule has 0 unspecified atom stereocenters. The van der Waals surface area contributed by atoms with Gasteiger partial charge in [0.2, 0.25) is 0 Å². The molecule has 96 valence electrons. The lowest BCUT2D eigenvalue weighted by molar-refractivity contribution is 0.232. The third-order valence-electron chi connectivity index (χ3n) is 2.01. The van der Waals surface area contributed by atoms with E-state index in [1.165, 1.54) is 25.3 Å². The summed E-state index contributed by atoms with van der Waals surface area (Å²) in [6.45, 7) is -0.249. The fraction of sp³-hybridized carbons (Fsp3) is 0.333. The molecule has 0 bridgehead atoms. The molecule has 0 heterocycles. The Balaban J connectivity index is 2.74. The third kappa shape index (κ3) is 3.53. The van der Waals surface area contributed by atoms with Crippen molar-refractivity contribution in [3.63, 3.8) is 0 Å². The van der Waals surface area contributed by atoms with Gasteiger partial charge < -0.3 is 10.5 Å². The average Bonchev–Trinajstić information content (AvgIpc) is 2.26. The average molecular weight is 266 g/mol. The quantitative estimate of drug-likeness (QED) is 0.776. The molecule has 0 aromatic heterocycles. The summed E-state index contributed by atoms with van der Waals surface area (Å²) in [4.78, 5) is 0. The van der Waals surface area contributed by atoms with Gasteiger partial charge in [0, 0.05) is 6.54 Å². The topological polar surface area (TPSA) is 81.4 Å². The van der Waals surface area contributed by atoms with Gasteiger partial charge in [-0.25, -0.2) is 13.1 Å². The second-order valence-corrected chi connectivity index (χ2v) is 4.94. The fourth-order valence-corrected chi connectivity index (χ4v) is 1.63. The number of ether oxygens (including phenoxy) is 1. The van der Waals surface area contributed by atoms with Crippen LogP contribution >= 0.6 is 0 Å². The SMILES string of the molecule is COc1ccc(CNS(=O)(=O)C(F)F)cc1N. The predicted molar refractivity (Wildman–Crippen MR) is 59.2 cm³/mol. The minimum atomic E-state index is -4.58. The molecular formula is C9H12F2N2O3S. The van der Waals surface area contributed by atoms with Crippen LogP contribution in [0.15, 0.2) is 18.2 Å². The third-order valence-corrected chi connectivity index (χ3v) is 3.02. The van der Waals surface area contributed by atoms with Gasteiger partial charge in [-0.05, 0) is 17.7 Å². The number of hydrogen-bond acceptors (Lipinski definition) is 4. The van der Waals surface area contributed by atoms with Crippen LogP contribution in [-0.4, -0.2) is 21.3 Å². The Labute approximate surface area is 97.6 Å². The summed E-state index contributed by atoms with van der Waals surface area (Å²) < 4.78 is 52.3. The van der Waals surface area contributed by atoms with Gasteiger partial charge in [0.05, 0.1) is 12.8 Å². The molecule has 3 N–H and O–H groups in total. The highest BCUT2D eigenvalue weighted by atomic mass is 32.2. The Hall–Kier alpha value is -1.41.